The number of nitrogens with zero attached hydrogens (tertiary/aromatic N) is 2. The Balaban J connectivity index is 2.37. The van der Waals surface area contributed by atoms with Gasteiger partial charge in [0.1, 0.15) is 6.17 Å². The van der Waals surface area contributed by atoms with E-state index in [1.165, 1.54) is 0 Å². The van der Waals surface area contributed by atoms with Gasteiger partial charge in [0.2, 0.25) is 0 Å². The maximum Gasteiger partial charge on any atom is 0.151 e. The number of rotatable bonds is 3. The summed E-state index contributed by atoms with van der Waals surface area (Å²) in [5, 5.41) is 2.98. The number of aldehydes is 1. The third kappa shape index (κ3) is 2.27. The molecule has 0 bridgehead atoms. The Morgan fingerprint density at radius 3 is 2.33 bits per heavy atom. The van der Waals surface area contributed by atoms with Gasteiger partial charge in [0.05, 0.1) is 0 Å². The zero-order valence-corrected chi connectivity index (χ0v) is 7.79. The molecule has 0 spiro atoms. The van der Waals surface area contributed by atoms with E-state index in [0.717, 1.165) is 32.5 Å². The molecule has 1 atom stereocenters. The van der Waals surface area contributed by atoms with Crippen molar-refractivity contribution in [3.63, 3.8) is 0 Å². The first-order valence-electron chi connectivity index (χ1n) is 4.33. The molecular formula is C8H17N3O. The lowest BCUT2D eigenvalue weighted by molar-refractivity contribution is -0.114. The topological polar surface area (TPSA) is 35.6 Å². The van der Waals surface area contributed by atoms with Gasteiger partial charge >= 0.3 is 0 Å². The number of carbonyl (C=O) groups is 1. The summed E-state index contributed by atoms with van der Waals surface area (Å²) in [6, 6.07) is 0. The molecular weight excluding hydrogens is 154 g/mol. The molecule has 0 aliphatic carbocycles. The standard InChI is InChI=1S/C8H17N3O/c1-9-8(7-12)11-5-3-10(2)4-6-11/h7-9H,3-6H2,1-2H3. The van der Waals surface area contributed by atoms with Crippen LogP contribution >= 0.6 is 0 Å². The average Bonchev–Trinajstić information content (AvgIpc) is 2.10. The predicted octanol–water partition coefficient (Wildman–Crippen LogP) is -1.02. The van der Waals surface area contributed by atoms with Crippen molar-refractivity contribution in [3.05, 3.63) is 0 Å². The van der Waals surface area contributed by atoms with Gasteiger partial charge in [0, 0.05) is 26.2 Å². The highest BCUT2D eigenvalue weighted by molar-refractivity contribution is 5.56. The van der Waals surface area contributed by atoms with E-state index in [1.807, 2.05) is 7.05 Å². The third-order valence-electron chi connectivity index (χ3n) is 2.36. The van der Waals surface area contributed by atoms with Crippen LogP contribution in [-0.2, 0) is 4.79 Å². The Kier molecular flexibility index (Phi) is 3.65. The Bertz CT molecular complexity index is 143. The first-order chi connectivity index (χ1) is 5.77. The first-order valence-corrected chi connectivity index (χ1v) is 4.33. The van der Waals surface area contributed by atoms with Crippen LogP contribution in [0.4, 0.5) is 0 Å². The van der Waals surface area contributed by atoms with Gasteiger partial charge in [-0.25, -0.2) is 0 Å². The summed E-state index contributed by atoms with van der Waals surface area (Å²) in [6.45, 7) is 4.04. The third-order valence-corrected chi connectivity index (χ3v) is 2.36. The number of carbonyl (C=O) groups excluding carboxylic acids is 1. The quantitative estimate of drug-likeness (QED) is 0.551. The van der Waals surface area contributed by atoms with Crippen molar-refractivity contribution in [2.45, 2.75) is 6.17 Å². The molecule has 70 valence electrons. The summed E-state index contributed by atoms with van der Waals surface area (Å²) in [5.74, 6) is 0. The monoisotopic (exact) mass is 171 g/mol. The molecule has 0 amide bonds. The number of hydrogen-bond acceptors (Lipinski definition) is 4. The van der Waals surface area contributed by atoms with Crippen molar-refractivity contribution in [3.8, 4) is 0 Å². The van der Waals surface area contributed by atoms with Gasteiger partial charge in [-0.2, -0.15) is 0 Å². The fraction of sp³-hybridized carbons (Fsp3) is 0.875. The van der Waals surface area contributed by atoms with E-state index in [0.29, 0.717) is 0 Å². The number of likely N-dealkylation sites (N-methyl/N-ethyl adjacent to an activating group) is 2. The highest BCUT2D eigenvalue weighted by Gasteiger charge is 2.19. The van der Waals surface area contributed by atoms with Gasteiger partial charge in [0.25, 0.3) is 0 Å². The molecule has 1 N–H and O–H groups in total. The highest BCUT2D eigenvalue weighted by atomic mass is 16.1. The fourth-order valence-corrected chi connectivity index (χ4v) is 1.44. The molecule has 0 aromatic carbocycles. The van der Waals surface area contributed by atoms with Crippen LogP contribution in [0.15, 0.2) is 0 Å². The van der Waals surface area contributed by atoms with Crippen molar-refractivity contribution in [1.82, 2.24) is 15.1 Å². The van der Waals surface area contributed by atoms with Crippen molar-refractivity contribution in [2.24, 2.45) is 0 Å². The second-order valence-corrected chi connectivity index (χ2v) is 3.21. The SMILES string of the molecule is CNC(C=O)N1CCN(C)CC1. The lowest BCUT2D eigenvalue weighted by Crippen LogP contribution is -2.53. The maximum atomic E-state index is 10.6. The van der Waals surface area contributed by atoms with Crippen molar-refractivity contribution < 1.29 is 4.79 Å². The molecule has 4 nitrogen and oxygen atoms in total. The fourth-order valence-electron chi connectivity index (χ4n) is 1.44. The Morgan fingerprint density at radius 1 is 1.33 bits per heavy atom. The largest absolute Gasteiger partial charge is 0.304 e. The van der Waals surface area contributed by atoms with Crippen LogP contribution < -0.4 is 5.32 Å². The molecule has 1 heterocycles. The number of piperazine rings is 1. The average molecular weight is 171 g/mol. The summed E-state index contributed by atoms with van der Waals surface area (Å²) in [7, 11) is 3.92. The first kappa shape index (κ1) is 9.64. The minimum absolute atomic E-state index is 0.0984. The molecule has 1 aliphatic heterocycles. The van der Waals surface area contributed by atoms with E-state index in [4.69, 9.17) is 0 Å². The van der Waals surface area contributed by atoms with E-state index >= 15 is 0 Å². The van der Waals surface area contributed by atoms with Crippen molar-refractivity contribution in [2.75, 3.05) is 40.3 Å². The van der Waals surface area contributed by atoms with E-state index in [-0.39, 0.29) is 6.17 Å². The van der Waals surface area contributed by atoms with Crippen LogP contribution in [0.3, 0.4) is 0 Å². The molecule has 1 rings (SSSR count). The van der Waals surface area contributed by atoms with Crippen LogP contribution in [0.25, 0.3) is 0 Å². The van der Waals surface area contributed by atoms with Crippen LogP contribution in [0.5, 0.6) is 0 Å². The van der Waals surface area contributed by atoms with Gasteiger partial charge in [-0.15, -0.1) is 0 Å². The molecule has 0 saturated carbocycles. The van der Waals surface area contributed by atoms with Crippen LogP contribution in [0.2, 0.25) is 0 Å². The molecule has 1 saturated heterocycles. The van der Waals surface area contributed by atoms with E-state index in [2.05, 4.69) is 22.2 Å². The second kappa shape index (κ2) is 4.54. The minimum Gasteiger partial charge on any atom is -0.304 e. The molecule has 1 fully saturated rings. The van der Waals surface area contributed by atoms with E-state index in [9.17, 15) is 4.79 Å². The van der Waals surface area contributed by atoms with Crippen LogP contribution in [0, 0.1) is 0 Å². The zero-order chi connectivity index (χ0) is 8.97. The van der Waals surface area contributed by atoms with Gasteiger partial charge in [0.15, 0.2) is 6.29 Å². The van der Waals surface area contributed by atoms with Gasteiger partial charge in [-0.05, 0) is 14.1 Å². The van der Waals surface area contributed by atoms with Gasteiger partial charge in [-0.3, -0.25) is 10.2 Å². The lowest BCUT2D eigenvalue weighted by Gasteiger charge is -2.35. The van der Waals surface area contributed by atoms with Crippen molar-refractivity contribution >= 4 is 6.29 Å². The van der Waals surface area contributed by atoms with Crippen LogP contribution in [0.1, 0.15) is 0 Å². The molecule has 4 heteroatoms. The van der Waals surface area contributed by atoms with Gasteiger partial charge < -0.3 is 9.69 Å². The summed E-state index contributed by atoms with van der Waals surface area (Å²) in [6.07, 6.45) is 0.865. The molecule has 1 unspecified atom stereocenters. The lowest BCUT2D eigenvalue weighted by atomic mass is 10.3. The molecule has 0 aromatic heterocycles. The molecule has 0 radical (unpaired) electrons. The Hall–Kier alpha value is -0.450. The Morgan fingerprint density at radius 2 is 1.92 bits per heavy atom. The highest BCUT2D eigenvalue weighted by Crippen LogP contribution is 2.00. The smallest absolute Gasteiger partial charge is 0.151 e. The van der Waals surface area contributed by atoms with Gasteiger partial charge in [-0.1, -0.05) is 0 Å². The zero-order valence-electron chi connectivity index (χ0n) is 7.79. The predicted molar refractivity (Wildman–Crippen MR) is 48.0 cm³/mol. The number of hydrogen-bond donors (Lipinski definition) is 1. The van der Waals surface area contributed by atoms with E-state index < -0.39 is 0 Å². The summed E-state index contributed by atoms with van der Waals surface area (Å²) < 4.78 is 0. The number of nitrogens with one attached hydrogen (secondary N) is 1. The van der Waals surface area contributed by atoms with Crippen LogP contribution in [-0.4, -0.2) is 62.5 Å². The summed E-state index contributed by atoms with van der Waals surface area (Å²) >= 11 is 0. The molecule has 0 aromatic rings. The van der Waals surface area contributed by atoms with E-state index in [1.54, 1.807) is 0 Å². The molecule has 12 heavy (non-hydrogen) atoms. The van der Waals surface area contributed by atoms with Crippen molar-refractivity contribution in [1.29, 1.82) is 0 Å². The maximum absolute atomic E-state index is 10.6. The summed E-state index contributed by atoms with van der Waals surface area (Å²) in [4.78, 5) is 15.0. The Labute approximate surface area is 73.5 Å². The second-order valence-electron chi connectivity index (χ2n) is 3.21. The normalized spacial score (nSPS) is 23.8. The summed E-state index contributed by atoms with van der Waals surface area (Å²) in [5.41, 5.74) is 0. The minimum atomic E-state index is -0.0984. The molecule has 1 aliphatic rings.